The molecular formula is C14H12N2O2S. The van der Waals surface area contributed by atoms with Gasteiger partial charge in [-0.1, -0.05) is 42.5 Å². The molecule has 0 spiro atoms. The highest BCUT2D eigenvalue weighted by Crippen LogP contribution is 2.04. The third-order valence-electron chi connectivity index (χ3n) is 2.50. The summed E-state index contributed by atoms with van der Waals surface area (Å²) in [4.78, 5) is 16.1. The number of rotatable bonds is 4. The molecule has 0 aliphatic heterocycles. The first-order valence-corrected chi connectivity index (χ1v) is 6.07. The third kappa shape index (κ3) is 3.43. The van der Waals surface area contributed by atoms with Gasteiger partial charge in [-0.25, -0.2) is 0 Å². The van der Waals surface area contributed by atoms with E-state index < -0.39 is 12.0 Å². The summed E-state index contributed by atoms with van der Waals surface area (Å²) in [7, 11) is 0. The van der Waals surface area contributed by atoms with E-state index in [9.17, 15) is 9.90 Å². The van der Waals surface area contributed by atoms with E-state index in [1.807, 2.05) is 0 Å². The maximum absolute atomic E-state index is 11.9. The molecule has 2 aromatic rings. The second kappa shape index (κ2) is 6.17. The molecule has 0 aliphatic carbocycles. The normalized spacial score (nSPS) is 11.6. The van der Waals surface area contributed by atoms with Crippen LogP contribution in [0.5, 0.6) is 0 Å². The Labute approximate surface area is 116 Å². The number of hydrogen-bond acceptors (Lipinski definition) is 4. The van der Waals surface area contributed by atoms with E-state index in [-0.39, 0.29) is 4.99 Å². The van der Waals surface area contributed by atoms with E-state index in [1.165, 1.54) is 0 Å². The number of nitrogens with zero attached hydrogens (tertiary/aromatic N) is 1. The Morgan fingerprint density at radius 1 is 1.16 bits per heavy atom. The van der Waals surface area contributed by atoms with Crippen molar-refractivity contribution in [3.8, 4) is 0 Å². The van der Waals surface area contributed by atoms with Crippen LogP contribution >= 0.6 is 12.2 Å². The van der Waals surface area contributed by atoms with Crippen LogP contribution < -0.4 is 5.32 Å². The summed E-state index contributed by atoms with van der Waals surface area (Å²) in [6.45, 7) is 0. The molecule has 0 unspecified atom stereocenters. The minimum atomic E-state index is -1.37. The smallest absolute Gasteiger partial charge is 0.211 e. The summed E-state index contributed by atoms with van der Waals surface area (Å²) >= 11 is 5.10. The van der Waals surface area contributed by atoms with Crippen molar-refractivity contribution in [3.05, 3.63) is 66.0 Å². The van der Waals surface area contributed by atoms with E-state index in [1.54, 1.807) is 54.9 Å². The zero-order valence-electron chi connectivity index (χ0n) is 9.98. The van der Waals surface area contributed by atoms with Crippen molar-refractivity contribution in [1.82, 2.24) is 10.3 Å². The van der Waals surface area contributed by atoms with Gasteiger partial charge in [0.25, 0.3) is 0 Å². The molecule has 0 bridgehead atoms. The van der Waals surface area contributed by atoms with E-state index >= 15 is 0 Å². The number of aliphatic hydroxyl groups excluding tert-OH is 1. The van der Waals surface area contributed by atoms with Gasteiger partial charge in [-0.05, 0) is 12.1 Å². The maximum atomic E-state index is 11.9. The predicted molar refractivity (Wildman–Crippen MR) is 75.9 cm³/mol. The lowest BCUT2D eigenvalue weighted by Gasteiger charge is -2.13. The van der Waals surface area contributed by atoms with Crippen LogP contribution in [0.15, 0.2) is 54.9 Å². The Hall–Kier alpha value is -2.11. The van der Waals surface area contributed by atoms with Gasteiger partial charge in [0, 0.05) is 23.5 Å². The zero-order chi connectivity index (χ0) is 13.7. The Morgan fingerprint density at radius 2 is 1.84 bits per heavy atom. The van der Waals surface area contributed by atoms with Gasteiger partial charge in [-0.15, -0.1) is 0 Å². The van der Waals surface area contributed by atoms with Gasteiger partial charge in [0.05, 0.1) is 0 Å². The summed E-state index contributed by atoms with van der Waals surface area (Å²) in [5.74, 6) is -0.424. The lowest BCUT2D eigenvalue weighted by molar-refractivity contribution is 0.0721. The molecule has 96 valence electrons. The van der Waals surface area contributed by atoms with Gasteiger partial charge in [0.2, 0.25) is 5.78 Å². The standard InChI is InChI=1S/C14H12N2O2S/c17-12(10-5-2-1-3-6-10)13(18)16-14(19)11-7-4-8-15-9-11/h1-9,13,18H,(H,16,19)/t13-/m0/s1. The summed E-state index contributed by atoms with van der Waals surface area (Å²) in [6, 6.07) is 12.0. The number of aromatic nitrogens is 1. The average Bonchev–Trinajstić information content (AvgIpc) is 2.48. The highest BCUT2D eigenvalue weighted by atomic mass is 32.1. The SMILES string of the molecule is O=C(c1ccccc1)[C@H](O)NC(=S)c1cccnc1. The molecule has 19 heavy (non-hydrogen) atoms. The molecule has 0 amide bonds. The van der Waals surface area contributed by atoms with Crippen LogP contribution in [0.25, 0.3) is 0 Å². The molecule has 2 N–H and O–H groups in total. The third-order valence-corrected chi connectivity index (χ3v) is 2.85. The topological polar surface area (TPSA) is 62.2 Å². The summed E-state index contributed by atoms with van der Waals surface area (Å²) in [5.41, 5.74) is 1.08. The molecule has 0 fully saturated rings. The van der Waals surface area contributed by atoms with Crippen LogP contribution in [-0.2, 0) is 0 Å². The number of ketones is 1. The molecule has 0 saturated carbocycles. The number of benzene rings is 1. The van der Waals surface area contributed by atoms with Gasteiger partial charge in [0.15, 0.2) is 6.23 Å². The number of carbonyl (C=O) groups excluding carboxylic acids is 1. The molecule has 1 heterocycles. The van der Waals surface area contributed by atoms with Crippen molar-refractivity contribution in [1.29, 1.82) is 0 Å². The number of hydrogen-bond donors (Lipinski definition) is 2. The van der Waals surface area contributed by atoms with Crippen LogP contribution in [0.4, 0.5) is 0 Å². The van der Waals surface area contributed by atoms with E-state index in [4.69, 9.17) is 12.2 Å². The minimum Gasteiger partial charge on any atom is -0.367 e. The van der Waals surface area contributed by atoms with Crippen LogP contribution in [0.2, 0.25) is 0 Å². The summed E-state index contributed by atoms with van der Waals surface area (Å²) in [6.07, 6.45) is 1.82. The number of carbonyl (C=O) groups is 1. The zero-order valence-corrected chi connectivity index (χ0v) is 10.8. The van der Waals surface area contributed by atoms with Gasteiger partial charge in [-0.3, -0.25) is 9.78 Å². The molecule has 1 aromatic carbocycles. The van der Waals surface area contributed by atoms with Crippen LogP contribution in [0.1, 0.15) is 15.9 Å². The quantitative estimate of drug-likeness (QED) is 0.502. The van der Waals surface area contributed by atoms with Crippen LogP contribution in [-0.4, -0.2) is 27.1 Å². The lowest BCUT2D eigenvalue weighted by atomic mass is 10.1. The molecule has 4 nitrogen and oxygen atoms in total. The lowest BCUT2D eigenvalue weighted by Crippen LogP contribution is -2.40. The van der Waals surface area contributed by atoms with Crippen molar-refractivity contribution in [2.24, 2.45) is 0 Å². The predicted octanol–water partition coefficient (Wildman–Crippen LogP) is 1.55. The first-order chi connectivity index (χ1) is 9.18. The van der Waals surface area contributed by atoms with E-state index in [0.29, 0.717) is 11.1 Å². The van der Waals surface area contributed by atoms with Gasteiger partial charge in [0.1, 0.15) is 4.99 Å². The fourth-order valence-corrected chi connectivity index (χ4v) is 1.76. The highest BCUT2D eigenvalue weighted by Gasteiger charge is 2.17. The van der Waals surface area contributed by atoms with Crippen molar-refractivity contribution >= 4 is 23.0 Å². The largest absolute Gasteiger partial charge is 0.367 e. The number of nitrogens with one attached hydrogen (secondary N) is 1. The second-order valence-electron chi connectivity index (χ2n) is 3.85. The molecule has 1 atom stereocenters. The van der Waals surface area contributed by atoms with Gasteiger partial charge < -0.3 is 10.4 Å². The van der Waals surface area contributed by atoms with Crippen molar-refractivity contribution in [2.45, 2.75) is 6.23 Å². The van der Waals surface area contributed by atoms with Crippen molar-refractivity contribution in [2.75, 3.05) is 0 Å². The Balaban J connectivity index is 2.04. The summed E-state index contributed by atoms with van der Waals surface area (Å²) < 4.78 is 0. The number of pyridine rings is 1. The minimum absolute atomic E-state index is 0.282. The molecule has 2 rings (SSSR count). The number of aliphatic hydroxyl groups is 1. The second-order valence-corrected chi connectivity index (χ2v) is 4.26. The summed E-state index contributed by atoms with van der Waals surface area (Å²) in [5, 5.41) is 12.4. The Kier molecular flexibility index (Phi) is 4.33. The van der Waals surface area contributed by atoms with Crippen LogP contribution in [0.3, 0.4) is 0 Å². The molecule has 1 aromatic heterocycles. The Bertz CT molecular complexity index is 573. The number of Topliss-reactive ketones (excluding diaryl/α,β-unsaturated/α-hetero) is 1. The molecule has 0 aliphatic rings. The van der Waals surface area contributed by atoms with Gasteiger partial charge >= 0.3 is 0 Å². The molecular weight excluding hydrogens is 260 g/mol. The Morgan fingerprint density at radius 3 is 2.47 bits per heavy atom. The van der Waals surface area contributed by atoms with Crippen molar-refractivity contribution in [3.63, 3.8) is 0 Å². The van der Waals surface area contributed by atoms with Crippen LogP contribution in [0, 0.1) is 0 Å². The van der Waals surface area contributed by atoms with E-state index in [0.717, 1.165) is 0 Å². The molecule has 0 saturated heterocycles. The highest BCUT2D eigenvalue weighted by molar-refractivity contribution is 7.80. The maximum Gasteiger partial charge on any atom is 0.211 e. The first-order valence-electron chi connectivity index (χ1n) is 5.66. The van der Waals surface area contributed by atoms with Gasteiger partial charge in [-0.2, -0.15) is 0 Å². The molecule has 5 heteroatoms. The number of thiocarbonyl (C=S) groups is 1. The van der Waals surface area contributed by atoms with E-state index in [2.05, 4.69) is 10.3 Å². The monoisotopic (exact) mass is 272 g/mol. The average molecular weight is 272 g/mol. The fourth-order valence-electron chi connectivity index (χ4n) is 1.53. The first kappa shape index (κ1) is 13.3. The van der Waals surface area contributed by atoms with Crippen molar-refractivity contribution < 1.29 is 9.90 Å². The fraction of sp³-hybridized carbons (Fsp3) is 0.0714. The molecule has 0 radical (unpaired) electrons.